The molecule has 0 saturated carbocycles. The molecule has 0 aromatic heterocycles. The van der Waals surface area contributed by atoms with Gasteiger partial charge in [0.15, 0.2) is 0 Å². The van der Waals surface area contributed by atoms with Gasteiger partial charge in [0, 0.05) is 0 Å². The zero-order valence-corrected chi connectivity index (χ0v) is 10.9. The van der Waals surface area contributed by atoms with Crippen molar-refractivity contribution in [2.45, 2.75) is 45.2 Å². The van der Waals surface area contributed by atoms with Crippen LogP contribution in [-0.2, 0) is 0 Å². The van der Waals surface area contributed by atoms with Crippen LogP contribution in [0.25, 0.3) is 0 Å². The Hall–Kier alpha value is 0.467. The summed E-state index contributed by atoms with van der Waals surface area (Å²) in [6, 6.07) is 0. The molecular weight excluding hydrogens is 186 g/mol. The Morgan fingerprint density at radius 1 is 1.25 bits per heavy atom. The second-order valence-corrected chi connectivity index (χ2v) is 10.4. The maximum Gasteiger partial charge on any atom is 0.234 e. The topological polar surface area (TPSA) is 3.24 Å². The lowest BCUT2D eigenvalue weighted by Crippen LogP contribution is -2.50. The summed E-state index contributed by atoms with van der Waals surface area (Å²) in [7, 11) is 2.53. The molecule has 0 aliphatic carbocycles. The van der Waals surface area contributed by atoms with Crippen molar-refractivity contribution in [1.29, 1.82) is 0 Å². The van der Waals surface area contributed by atoms with Gasteiger partial charge in [-0.2, -0.15) is 0 Å². The molecule has 3 heteroatoms. The zero-order valence-electron chi connectivity index (χ0n) is 9.19. The molecule has 12 heavy (non-hydrogen) atoms. The van der Waals surface area contributed by atoms with Gasteiger partial charge >= 0.3 is 0 Å². The van der Waals surface area contributed by atoms with Gasteiger partial charge in [0.05, 0.1) is 0 Å². The van der Waals surface area contributed by atoms with E-state index < -0.39 is 7.55 Å². The van der Waals surface area contributed by atoms with Crippen molar-refractivity contribution in [3.8, 4) is 0 Å². The first-order valence-electron chi connectivity index (χ1n) is 4.73. The third-order valence-corrected chi connectivity index (χ3v) is 11.0. The van der Waals surface area contributed by atoms with Crippen molar-refractivity contribution in [2.75, 3.05) is 14.1 Å². The predicted molar refractivity (Wildman–Crippen MR) is 60.1 cm³/mol. The molecule has 2 atom stereocenters. The molecule has 0 saturated heterocycles. The lowest BCUT2D eigenvalue weighted by molar-refractivity contribution is 0.579. The molecule has 74 valence electrons. The molecule has 0 aliphatic heterocycles. The maximum atomic E-state index is 6.72. The first kappa shape index (κ1) is 12.5. The standard InChI is InChI=1S/C9H22ClNSi/c1-7-9(4)12(10,8(2)3)11(5)6/h8-9H,7H2,1-6H3. The highest BCUT2D eigenvalue weighted by molar-refractivity contribution is 7.20. The molecule has 0 spiro atoms. The number of nitrogens with zero attached hydrogens (tertiary/aromatic N) is 1. The van der Waals surface area contributed by atoms with Crippen LogP contribution in [0.15, 0.2) is 0 Å². The van der Waals surface area contributed by atoms with Crippen LogP contribution in [0.2, 0.25) is 11.1 Å². The molecule has 0 radical (unpaired) electrons. The summed E-state index contributed by atoms with van der Waals surface area (Å²) in [5, 5.41) is 0. The van der Waals surface area contributed by atoms with Crippen molar-refractivity contribution in [2.24, 2.45) is 0 Å². The van der Waals surface area contributed by atoms with Gasteiger partial charge in [0.1, 0.15) is 0 Å². The van der Waals surface area contributed by atoms with Gasteiger partial charge in [-0.05, 0) is 25.2 Å². The summed E-state index contributed by atoms with van der Waals surface area (Å²) in [6.07, 6.45) is 1.19. The molecule has 0 aliphatic rings. The summed E-state index contributed by atoms with van der Waals surface area (Å²) in [4.78, 5) is 0. The van der Waals surface area contributed by atoms with E-state index in [-0.39, 0.29) is 0 Å². The highest BCUT2D eigenvalue weighted by atomic mass is 35.6. The van der Waals surface area contributed by atoms with E-state index in [0.29, 0.717) is 11.1 Å². The highest BCUT2D eigenvalue weighted by Crippen LogP contribution is 2.39. The Labute approximate surface area is 82.9 Å². The van der Waals surface area contributed by atoms with E-state index in [4.69, 9.17) is 11.1 Å². The smallest absolute Gasteiger partial charge is 0.234 e. The SMILES string of the molecule is CCC(C)[Si](Cl)(C(C)C)N(C)C. The summed E-state index contributed by atoms with van der Waals surface area (Å²) in [5.74, 6) is 0. The maximum absolute atomic E-state index is 6.72. The van der Waals surface area contributed by atoms with Crippen LogP contribution in [0.5, 0.6) is 0 Å². The Morgan fingerprint density at radius 2 is 1.67 bits per heavy atom. The van der Waals surface area contributed by atoms with Crippen LogP contribution in [0.1, 0.15) is 34.1 Å². The van der Waals surface area contributed by atoms with Gasteiger partial charge in [-0.25, -0.2) is 0 Å². The fraction of sp³-hybridized carbons (Fsp3) is 1.00. The molecule has 0 fully saturated rings. The van der Waals surface area contributed by atoms with Gasteiger partial charge in [0.25, 0.3) is 0 Å². The lowest BCUT2D eigenvalue weighted by Gasteiger charge is -2.39. The van der Waals surface area contributed by atoms with E-state index >= 15 is 0 Å². The molecule has 1 nitrogen and oxygen atoms in total. The van der Waals surface area contributed by atoms with E-state index in [1.54, 1.807) is 0 Å². The van der Waals surface area contributed by atoms with Crippen molar-refractivity contribution in [1.82, 2.24) is 4.57 Å². The molecular formula is C9H22ClNSi. The van der Waals surface area contributed by atoms with Crippen molar-refractivity contribution < 1.29 is 0 Å². The van der Waals surface area contributed by atoms with E-state index in [1.165, 1.54) is 6.42 Å². The van der Waals surface area contributed by atoms with Crippen LogP contribution < -0.4 is 0 Å². The molecule has 0 heterocycles. The highest BCUT2D eigenvalue weighted by Gasteiger charge is 2.42. The number of hydrogen-bond donors (Lipinski definition) is 0. The first-order valence-corrected chi connectivity index (χ1v) is 7.85. The Balaban J connectivity index is 4.61. The first-order chi connectivity index (χ1) is 5.37. The van der Waals surface area contributed by atoms with E-state index in [1.807, 2.05) is 0 Å². The summed E-state index contributed by atoms with van der Waals surface area (Å²) in [6.45, 7) is 8.98. The average Bonchev–Trinajstić information content (AvgIpc) is 2.00. The van der Waals surface area contributed by atoms with Crippen LogP contribution in [-0.4, -0.2) is 26.2 Å². The fourth-order valence-electron chi connectivity index (χ4n) is 1.81. The zero-order chi connectivity index (χ0) is 9.94. The van der Waals surface area contributed by atoms with Gasteiger partial charge in [0.2, 0.25) is 7.55 Å². The Kier molecular flexibility index (Phi) is 4.81. The molecule has 0 aromatic carbocycles. The summed E-state index contributed by atoms with van der Waals surface area (Å²) < 4.78 is 2.27. The van der Waals surface area contributed by atoms with E-state index in [0.717, 1.165) is 0 Å². The van der Waals surface area contributed by atoms with E-state index in [2.05, 4.69) is 46.4 Å². The molecule has 2 unspecified atom stereocenters. The van der Waals surface area contributed by atoms with Crippen LogP contribution in [0.4, 0.5) is 0 Å². The van der Waals surface area contributed by atoms with Crippen molar-refractivity contribution in [3.05, 3.63) is 0 Å². The fourth-order valence-corrected chi connectivity index (χ4v) is 5.90. The Morgan fingerprint density at radius 3 is 1.75 bits per heavy atom. The Bertz CT molecular complexity index is 128. The van der Waals surface area contributed by atoms with Crippen molar-refractivity contribution >= 4 is 18.6 Å². The second kappa shape index (κ2) is 4.63. The normalized spacial score (nSPS) is 19.8. The monoisotopic (exact) mass is 207 g/mol. The minimum atomic E-state index is -1.70. The van der Waals surface area contributed by atoms with Crippen LogP contribution in [0.3, 0.4) is 0 Å². The molecule has 0 bridgehead atoms. The number of halogens is 1. The van der Waals surface area contributed by atoms with Gasteiger partial charge in [-0.3, -0.25) is 0 Å². The lowest BCUT2D eigenvalue weighted by atomic mass is 10.4. The third kappa shape index (κ3) is 2.24. The van der Waals surface area contributed by atoms with Gasteiger partial charge < -0.3 is 4.57 Å². The molecule has 0 amide bonds. The van der Waals surface area contributed by atoms with Gasteiger partial charge in [-0.1, -0.05) is 34.1 Å². The van der Waals surface area contributed by atoms with Gasteiger partial charge in [-0.15, -0.1) is 11.1 Å². The summed E-state index contributed by atoms with van der Waals surface area (Å²) in [5.41, 5.74) is 1.28. The number of rotatable bonds is 4. The van der Waals surface area contributed by atoms with E-state index in [9.17, 15) is 0 Å². The third-order valence-electron chi connectivity index (χ3n) is 2.80. The second-order valence-electron chi connectivity index (χ2n) is 4.09. The minimum absolute atomic E-state index is 0.615. The van der Waals surface area contributed by atoms with Crippen molar-refractivity contribution in [3.63, 3.8) is 0 Å². The molecule has 0 rings (SSSR count). The minimum Gasteiger partial charge on any atom is -0.317 e. The number of hydrogen-bond acceptors (Lipinski definition) is 1. The average molecular weight is 208 g/mol. The molecule has 0 N–H and O–H groups in total. The predicted octanol–water partition coefficient (Wildman–Crippen LogP) is 3.44. The van der Waals surface area contributed by atoms with Crippen LogP contribution >= 0.6 is 11.1 Å². The summed E-state index contributed by atoms with van der Waals surface area (Å²) >= 11 is 6.72. The quantitative estimate of drug-likeness (QED) is 0.505. The van der Waals surface area contributed by atoms with Crippen LogP contribution in [0, 0.1) is 0 Å². The molecule has 0 aromatic rings. The largest absolute Gasteiger partial charge is 0.317 e.